The Kier molecular flexibility index (Phi) is 3.52. The minimum Gasteiger partial charge on any atom is -0.388 e. The minimum atomic E-state index is -0.758. The van der Waals surface area contributed by atoms with E-state index in [1.807, 2.05) is 0 Å². The van der Waals surface area contributed by atoms with E-state index in [1.165, 1.54) is 12.3 Å². The highest BCUT2D eigenvalue weighted by atomic mass is 16.3. The van der Waals surface area contributed by atoms with Crippen molar-refractivity contribution in [3.8, 4) is 0 Å². The summed E-state index contributed by atoms with van der Waals surface area (Å²) in [6.45, 7) is 1.98. The normalized spacial score (nSPS) is 17.7. The van der Waals surface area contributed by atoms with Gasteiger partial charge < -0.3 is 15.4 Å². The third-order valence-corrected chi connectivity index (χ3v) is 3.49. The minimum absolute atomic E-state index is 0.224. The molecule has 1 heterocycles. The number of rotatable bonds is 3. The summed E-state index contributed by atoms with van der Waals surface area (Å²) < 4.78 is 0. The lowest BCUT2D eigenvalue weighted by Gasteiger charge is -2.22. The number of aromatic amines is 1. The molecule has 3 N–H and O–H groups in total. The van der Waals surface area contributed by atoms with Gasteiger partial charge in [0.25, 0.3) is 5.91 Å². The van der Waals surface area contributed by atoms with Gasteiger partial charge in [-0.3, -0.25) is 9.59 Å². The average Bonchev–Trinajstić information content (AvgIpc) is 2.74. The third kappa shape index (κ3) is 2.79. The fourth-order valence-corrected chi connectivity index (χ4v) is 2.37. The summed E-state index contributed by atoms with van der Waals surface area (Å²) in [5.74, 6) is -0.260. The SMILES string of the molecule is Cc1cc(=O)[nH]cc1C(=O)NCC1(O)CCCC1. The van der Waals surface area contributed by atoms with Gasteiger partial charge >= 0.3 is 0 Å². The highest BCUT2D eigenvalue weighted by Gasteiger charge is 2.31. The van der Waals surface area contributed by atoms with E-state index in [0.717, 1.165) is 25.7 Å². The standard InChI is InChI=1S/C13H18N2O3/c1-9-6-11(16)14-7-10(9)12(17)15-8-13(18)4-2-3-5-13/h6-7,18H,2-5,8H2,1H3,(H,14,16)(H,15,17). The molecule has 0 atom stereocenters. The van der Waals surface area contributed by atoms with Crippen LogP contribution >= 0.6 is 0 Å². The van der Waals surface area contributed by atoms with Crippen molar-refractivity contribution in [2.45, 2.75) is 38.2 Å². The van der Waals surface area contributed by atoms with Crippen LogP contribution in [0.25, 0.3) is 0 Å². The van der Waals surface area contributed by atoms with E-state index in [1.54, 1.807) is 6.92 Å². The molecule has 0 saturated heterocycles. The van der Waals surface area contributed by atoms with Crippen LogP contribution in [0.3, 0.4) is 0 Å². The number of aryl methyl sites for hydroxylation is 1. The molecular weight excluding hydrogens is 232 g/mol. The Morgan fingerprint density at radius 1 is 1.50 bits per heavy atom. The number of hydrogen-bond donors (Lipinski definition) is 3. The number of carbonyl (C=O) groups is 1. The number of H-pyrrole nitrogens is 1. The molecule has 1 amide bonds. The zero-order valence-electron chi connectivity index (χ0n) is 10.5. The Balaban J connectivity index is 2.01. The van der Waals surface area contributed by atoms with Gasteiger partial charge in [0.15, 0.2) is 0 Å². The van der Waals surface area contributed by atoms with Gasteiger partial charge in [-0.15, -0.1) is 0 Å². The monoisotopic (exact) mass is 250 g/mol. The van der Waals surface area contributed by atoms with Gasteiger partial charge in [0.2, 0.25) is 5.56 Å². The van der Waals surface area contributed by atoms with Crippen molar-refractivity contribution in [3.63, 3.8) is 0 Å². The first-order valence-electron chi connectivity index (χ1n) is 6.20. The van der Waals surface area contributed by atoms with Crippen LogP contribution in [0.15, 0.2) is 17.1 Å². The van der Waals surface area contributed by atoms with Crippen molar-refractivity contribution in [2.75, 3.05) is 6.54 Å². The van der Waals surface area contributed by atoms with E-state index >= 15 is 0 Å². The van der Waals surface area contributed by atoms with Crippen molar-refractivity contribution in [1.82, 2.24) is 10.3 Å². The molecule has 0 aliphatic heterocycles. The van der Waals surface area contributed by atoms with Gasteiger partial charge in [0, 0.05) is 18.8 Å². The Bertz CT molecular complexity index is 501. The van der Waals surface area contributed by atoms with Gasteiger partial charge in [0.05, 0.1) is 11.2 Å². The Morgan fingerprint density at radius 2 is 2.17 bits per heavy atom. The van der Waals surface area contributed by atoms with Crippen LogP contribution in [-0.4, -0.2) is 28.1 Å². The number of amides is 1. The molecule has 18 heavy (non-hydrogen) atoms. The lowest BCUT2D eigenvalue weighted by molar-refractivity contribution is 0.0449. The predicted octanol–water partition coefficient (Wildman–Crippen LogP) is 0.718. The Labute approximate surface area is 105 Å². The first kappa shape index (κ1) is 12.8. The first-order chi connectivity index (χ1) is 8.50. The molecule has 0 spiro atoms. The summed E-state index contributed by atoms with van der Waals surface area (Å²) in [5, 5.41) is 12.9. The molecule has 1 fully saturated rings. The molecule has 1 saturated carbocycles. The van der Waals surface area contributed by atoms with E-state index < -0.39 is 5.60 Å². The highest BCUT2D eigenvalue weighted by molar-refractivity contribution is 5.95. The van der Waals surface area contributed by atoms with Crippen molar-refractivity contribution in [1.29, 1.82) is 0 Å². The van der Waals surface area contributed by atoms with Crippen LogP contribution in [0.1, 0.15) is 41.6 Å². The summed E-state index contributed by atoms with van der Waals surface area (Å²) >= 11 is 0. The Hall–Kier alpha value is -1.62. The van der Waals surface area contributed by atoms with Crippen molar-refractivity contribution >= 4 is 5.91 Å². The van der Waals surface area contributed by atoms with E-state index in [4.69, 9.17) is 0 Å². The van der Waals surface area contributed by atoms with Crippen LogP contribution in [0, 0.1) is 6.92 Å². The number of aromatic nitrogens is 1. The van der Waals surface area contributed by atoms with Gasteiger partial charge in [-0.1, -0.05) is 12.8 Å². The summed E-state index contributed by atoms with van der Waals surface area (Å²) in [4.78, 5) is 25.5. The molecule has 1 aliphatic carbocycles. The number of pyridine rings is 1. The highest BCUT2D eigenvalue weighted by Crippen LogP contribution is 2.28. The maximum absolute atomic E-state index is 11.9. The molecule has 1 aromatic rings. The smallest absolute Gasteiger partial charge is 0.253 e. The fraction of sp³-hybridized carbons (Fsp3) is 0.538. The molecule has 98 valence electrons. The van der Waals surface area contributed by atoms with Gasteiger partial charge in [-0.25, -0.2) is 0 Å². The molecule has 0 unspecified atom stereocenters. The quantitative estimate of drug-likeness (QED) is 0.739. The number of nitrogens with one attached hydrogen (secondary N) is 2. The summed E-state index contributed by atoms with van der Waals surface area (Å²) in [6, 6.07) is 1.39. The van der Waals surface area contributed by atoms with Crippen LogP contribution in [0.5, 0.6) is 0 Å². The van der Waals surface area contributed by atoms with Crippen LogP contribution in [-0.2, 0) is 0 Å². The van der Waals surface area contributed by atoms with Gasteiger partial charge in [-0.2, -0.15) is 0 Å². The molecule has 1 aromatic heterocycles. The van der Waals surface area contributed by atoms with E-state index in [2.05, 4.69) is 10.3 Å². The van der Waals surface area contributed by atoms with E-state index in [0.29, 0.717) is 11.1 Å². The number of hydrogen-bond acceptors (Lipinski definition) is 3. The molecule has 2 rings (SSSR count). The predicted molar refractivity (Wildman–Crippen MR) is 67.6 cm³/mol. The van der Waals surface area contributed by atoms with Crippen molar-refractivity contribution in [2.24, 2.45) is 0 Å². The summed E-state index contributed by atoms with van der Waals surface area (Å²) in [6.07, 6.45) is 4.88. The van der Waals surface area contributed by atoms with Gasteiger partial charge in [0.1, 0.15) is 0 Å². The topological polar surface area (TPSA) is 82.2 Å². The Morgan fingerprint density at radius 3 is 2.78 bits per heavy atom. The van der Waals surface area contributed by atoms with Gasteiger partial charge in [-0.05, 0) is 25.3 Å². The summed E-state index contributed by atoms with van der Waals surface area (Å²) in [7, 11) is 0. The second-order valence-corrected chi connectivity index (χ2v) is 5.01. The average molecular weight is 250 g/mol. The third-order valence-electron chi connectivity index (χ3n) is 3.49. The van der Waals surface area contributed by atoms with E-state index in [-0.39, 0.29) is 18.0 Å². The number of aliphatic hydroxyl groups is 1. The molecular formula is C13H18N2O3. The fourth-order valence-electron chi connectivity index (χ4n) is 2.37. The lowest BCUT2D eigenvalue weighted by atomic mass is 10.0. The van der Waals surface area contributed by atoms with Crippen LogP contribution in [0.4, 0.5) is 0 Å². The lowest BCUT2D eigenvalue weighted by Crippen LogP contribution is -2.41. The first-order valence-corrected chi connectivity index (χ1v) is 6.20. The molecule has 0 bridgehead atoms. The van der Waals surface area contributed by atoms with Crippen LogP contribution in [0.2, 0.25) is 0 Å². The van der Waals surface area contributed by atoms with Crippen molar-refractivity contribution in [3.05, 3.63) is 33.7 Å². The maximum Gasteiger partial charge on any atom is 0.253 e. The molecule has 5 heteroatoms. The van der Waals surface area contributed by atoms with E-state index in [9.17, 15) is 14.7 Å². The maximum atomic E-state index is 11.9. The van der Waals surface area contributed by atoms with Crippen molar-refractivity contribution < 1.29 is 9.90 Å². The second-order valence-electron chi connectivity index (χ2n) is 5.01. The second kappa shape index (κ2) is 4.94. The molecule has 5 nitrogen and oxygen atoms in total. The summed E-state index contributed by atoms with van der Waals surface area (Å²) in [5.41, 5.74) is 0.0931. The largest absolute Gasteiger partial charge is 0.388 e. The zero-order chi connectivity index (χ0) is 13.2. The molecule has 0 aromatic carbocycles. The molecule has 0 radical (unpaired) electrons. The molecule has 1 aliphatic rings. The van der Waals surface area contributed by atoms with Crippen LogP contribution < -0.4 is 10.9 Å². The number of carbonyl (C=O) groups excluding carboxylic acids is 1. The zero-order valence-corrected chi connectivity index (χ0v) is 10.5.